The first-order valence-electron chi connectivity index (χ1n) is 6.82. The molecular formula is C14H19N3O2S2. The van der Waals surface area contributed by atoms with E-state index < -0.39 is 10.0 Å². The third-order valence-corrected chi connectivity index (χ3v) is 5.07. The van der Waals surface area contributed by atoms with Crippen LogP contribution in [-0.4, -0.2) is 26.5 Å². The van der Waals surface area contributed by atoms with E-state index in [9.17, 15) is 8.42 Å². The number of hydrogen-bond donors (Lipinski definition) is 2. The molecule has 0 saturated carbocycles. The standard InChI is InChI=1S/C14H19N3O2S2/c1-2-6-15-14-10-13(4-7-16-14)21(18,19)17-8-3-12-5-9-20-11-12/h4-5,7,9-11,17H,2-3,6,8H2,1H3,(H,15,16). The average molecular weight is 325 g/mol. The number of nitrogens with zero attached hydrogens (tertiary/aromatic N) is 1. The average Bonchev–Trinajstić information content (AvgIpc) is 2.98. The zero-order valence-electron chi connectivity index (χ0n) is 11.9. The van der Waals surface area contributed by atoms with Crippen LogP contribution in [0, 0.1) is 0 Å². The molecule has 114 valence electrons. The third kappa shape index (κ3) is 4.80. The van der Waals surface area contributed by atoms with Gasteiger partial charge >= 0.3 is 0 Å². The van der Waals surface area contributed by atoms with Crippen LogP contribution in [0.4, 0.5) is 5.82 Å². The van der Waals surface area contributed by atoms with Gasteiger partial charge in [0.25, 0.3) is 0 Å². The van der Waals surface area contributed by atoms with Gasteiger partial charge in [0.1, 0.15) is 5.82 Å². The molecule has 2 aromatic heterocycles. The summed E-state index contributed by atoms with van der Waals surface area (Å²) < 4.78 is 27.1. The summed E-state index contributed by atoms with van der Waals surface area (Å²) in [6.07, 6.45) is 3.15. The van der Waals surface area contributed by atoms with Crippen molar-refractivity contribution < 1.29 is 8.42 Å². The Morgan fingerprint density at radius 1 is 1.29 bits per heavy atom. The van der Waals surface area contributed by atoms with E-state index in [2.05, 4.69) is 15.0 Å². The number of rotatable bonds is 8. The monoisotopic (exact) mass is 325 g/mol. The Bertz CT molecular complexity index is 655. The van der Waals surface area contributed by atoms with E-state index in [1.807, 2.05) is 23.8 Å². The van der Waals surface area contributed by atoms with Crippen molar-refractivity contribution in [2.24, 2.45) is 0 Å². The summed E-state index contributed by atoms with van der Waals surface area (Å²) in [4.78, 5) is 4.35. The van der Waals surface area contributed by atoms with Gasteiger partial charge < -0.3 is 5.32 Å². The highest BCUT2D eigenvalue weighted by atomic mass is 32.2. The molecule has 0 radical (unpaired) electrons. The Labute approximate surface area is 129 Å². The molecule has 0 bridgehead atoms. The minimum absolute atomic E-state index is 0.237. The van der Waals surface area contributed by atoms with E-state index in [1.165, 1.54) is 12.3 Å². The minimum Gasteiger partial charge on any atom is -0.370 e. The molecule has 2 rings (SSSR count). The minimum atomic E-state index is -3.49. The number of sulfonamides is 1. The van der Waals surface area contributed by atoms with Gasteiger partial charge in [-0.1, -0.05) is 6.92 Å². The SMILES string of the molecule is CCCNc1cc(S(=O)(=O)NCCc2ccsc2)ccn1. The summed E-state index contributed by atoms with van der Waals surface area (Å²) in [6, 6.07) is 5.06. The second-order valence-corrected chi connectivity index (χ2v) is 7.13. The Balaban J connectivity index is 1.98. The van der Waals surface area contributed by atoms with Gasteiger partial charge in [-0.05, 0) is 41.3 Å². The zero-order valence-corrected chi connectivity index (χ0v) is 13.5. The van der Waals surface area contributed by atoms with Gasteiger partial charge in [0.15, 0.2) is 0 Å². The van der Waals surface area contributed by atoms with Crippen LogP contribution in [0.1, 0.15) is 18.9 Å². The van der Waals surface area contributed by atoms with Crippen LogP contribution in [0.3, 0.4) is 0 Å². The summed E-state index contributed by atoms with van der Waals surface area (Å²) in [5, 5.41) is 7.09. The molecule has 0 unspecified atom stereocenters. The number of pyridine rings is 1. The molecule has 21 heavy (non-hydrogen) atoms. The van der Waals surface area contributed by atoms with E-state index in [0.717, 1.165) is 18.5 Å². The van der Waals surface area contributed by atoms with Crippen molar-refractivity contribution in [1.82, 2.24) is 9.71 Å². The summed E-state index contributed by atoms with van der Waals surface area (Å²) in [5.41, 5.74) is 1.14. The highest BCUT2D eigenvalue weighted by Crippen LogP contribution is 2.13. The fraction of sp³-hybridized carbons (Fsp3) is 0.357. The smallest absolute Gasteiger partial charge is 0.240 e. The lowest BCUT2D eigenvalue weighted by Crippen LogP contribution is -2.26. The summed E-state index contributed by atoms with van der Waals surface area (Å²) in [7, 11) is -3.49. The predicted octanol–water partition coefficient (Wildman–Crippen LogP) is 2.49. The Morgan fingerprint density at radius 2 is 2.14 bits per heavy atom. The van der Waals surface area contributed by atoms with Crippen LogP contribution in [0.15, 0.2) is 40.1 Å². The second-order valence-electron chi connectivity index (χ2n) is 4.58. The first kappa shape index (κ1) is 15.9. The Hall–Kier alpha value is -1.44. The van der Waals surface area contributed by atoms with Gasteiger partial charge in [0.2, 0.25) is 10.0 Å². The van der Waals surface area contributed by atoms with Crippen molar-refractivity contribution in [3.8, 4) is 0 Å². The molecule has 0 atom stereocenters. The number of hydrogen-bond acceptors (Lipinski definition) is 5. The van der Waals surface area contributed by atoms with Gasteiger partial charge in [-0.15, -0.1) is 0 Å². The molecule has 2 aromatic rings. The van der Waals surface area contributed by atoms with Gasteiger partial charge in [0, 0.05) is 25.4 Å². The highest BCUT2D eigenvalue weighted by Gasteiger charge is 2.14. The first-order chi connectivity index (χ1) is 10.1. The molecule has 0 amide bonds. The maximum atomic E-state index is 12.2. The van der Waals surface area contributed by atoms with E-state index >= 15 is 0 Å². The summed E-state index contributed by atoms with van der Waals surface area (Å²) in [5.74, 6) is 0.581. The summed E-state index contributed by atoms with van der Waals surface area (Å²) >= 11 is 1.61. The van der Waals surface area contributed by atoms with Crippen molar-refractivity contribution in [2.45, 2.75) is 24.7 Å². The number of nitrogens with one attached hydrogen (secondary N) is 2. The number of thiophene rings is 1. The molecule has 0 aliphatic heterocycles. The highest BCUT2D eigenvalue weighted by molar-refractivity contribution is 7.89. The molecule has 7 heteroatoms. The Morgan fingerprint density at radius 3 is 2.86 bits per heavy atom. The predicted molar refractivity (Wildman–Crippen MR) is 86.2 cm³/mol. The number of anilines is 1. The van der Waals surface area contributed by atoms with Crippen LogP contribution >= 0.6 is 11.3 Å². The van der Waals surface area contributed by atoms with Crippen molar-refractivity contribution in [2.75, 3.05) is 18.4 Å². The van der Waals surface area contributed by atoms with E-state index in [-0.39, 0.29) is 4.90 Å². The van der Waals surface area contributed by atoms with Crippen LogP contribution < -0.4 is 10.0 Å². The fourth-order valence-electron chi connectivity index (χ4n) is 1.78. The van der Waals surface area contributed by atoms with Crippen molar-refractivity contribution in [1.29, 1.82) is 0 Å². The maximum absolute atomic E-state index is 12.2. The largest absolute Gasteiger partial charge is 0.370 e. The van der Waals surface area contributed by atoms with Crippen LogP contribution in [0.2, 0.25) is 0 Å². The molecule has 5 nitrogen and oxygen atoms in total. The lowest BCUT2D eigenvalue weighted by molar-refractivity contribution is 0.581. The summed E-state index contributed by atoms with van der Waals surface area (Å²) in [6.45, 7) is 3.20. The van der Waals surface area contributed by atoms with Crippen molar-refractivity contribution in [3.05, 3.63) is 40.7 Å². The Kier molecular flexibility index (Phi) is 5.72. The molecule has 0 saturated heterocycles. The molecule has 0 aliphatic carbocycles. The lowest BCUT2D eigenvalue weighted by atomic mass is 10.2. The molecule has 0 aromatic carbocycles. The van der Waals surface area contributed by atoms with Crippen molar-refractivity contribution in [3.63, 3.8) is 0 Å². The van der Waals surface area contributed by atoms with Crippen LogP contribution in [-0.2, 0) is 16.4 Å². The van der Waals surface area contributed by atoms with E-state index in [1.54, 1.807) is 17.4 Å². The molecule has 2 heterocycles. The maximum Gasteiger partial charge on any atom is 0.240 e. The van der Waals surface area contributed by atoms with Gasteiger partial charge in [-0.25, -0.2) is 18.1 Å². The topological polar surface area (TPSA) is 71.1 Å². The molecule has 0 fully saturated rings. The third-order valence-electron chi connectivity index (χ3n) is 2.88. The van der Waals surface area contributed by atoms with Crippen LogP contribution in [0.5, 0.6) is 0 Å². The van der Waals surface area contributed by atoms with E-state index in [0.29, 0.717) is 18.8 Å². The van der Waals surface area contributed by atoms with Crippen LogP contribution in [0.25, 0.3) is 0 Å². The molecule has 2 N–H and O–H groups in total. The van der Waals surface area contributed by atoms with Gasteiger partial charge in [-0.3, -0.25) is 0 Å². The van der Waals surface area contributed by atoms with Gasteiger partial charge in [0.05, 0.1) is 4.90 Å². The second kappa shape index (κ2) is 7.53. The fourth-order valence-corrected chi connectivity index (χ4v) is 3.52. The molecule has 0 spiro atoms. The van der Waals surface area contributed by atoms with Crippen molar-refractivity contribution >= 4 is 27.2 Å². The zero-order chi connectivity index (χ0) is 15.1. The quantitative estimate of drug-likeness (QED) is 0.782. The normalized spacial score (nSPS) is 11.5. The molecular weight excluding hydrogens is 306 g/mol. The first-order valence-corrected chi connectivity index (χ1v) is 9.25. The molecule has 0 aliphatic rings. The lowest BCUT2D eigenvalue weighted by Gasteiger charge is -2.08. The van der Waals surface area contributed by atoms with Gasteiger partial charge in [-0.2, -0.15) is 11.3 Å². The number of aromatic nitrogens is 1. The van der Waals surface area contributed by atoms with E-state index in [4.69, 9.17) is 0 Å².